The lowest BCUT2D eigenvalue weighted by molar-refractivity contribution is 0.158. The van der Waals surface area contributed by atoms with Crippen LogP contribution in [0.15, 0.2) is 47.3 Å². The summed E-state index contributed by atoms with van der Waals surface area (Å²) in [5.74, 6) is 0.984. The van der Waals surface area contributed by atoms with Crippen LogP contribution in [0.2, 0.25) is 0 Å². The Kier molecular flexibility index (Phi) is 4.29. The van der Waals surface area contributed by atoms with E-state index in [9.17, 15) is 9.50 Å². The third-order valence-corrected chi connectivity index (χ3v) is 3.43. The highest BCUT2D eigenvalue weighted by molar-refractivity contribution is 5.23. The normalized spacial score (nSPS) is 12.5. The minimum absolute atomic E-state index is 0.251. The van der Waals surface area contributed by atoms with Gasteiger partial charge in [0, 0.05) is 6.42 Å². The van der Waals surface area contributed by atoms with E-state index in [0.717, 1.165) is 16.9 Å². The Labute approximate surface area is 126 Å². The highest BCUT2D eigenvalue weighted by Gasteiger charge is 2.12. The second-order valence-corrected chi connectivity index (χ2v) is 5.15. The molecule has 0 aliphatic rings. The van der Waals surface area contributed by atoms with E-state index in [1.807, 2.05) is 12.1 Å². The van der Waals surface area contributed by atoms with Gasteiger partial charge in [-0.1, -0.05) is 12.1 Å². The first-order chi connectivity index (χ1) is 10.7. The molecule has 0 aliphatic heterocycles. The van der Waals surface area contributed by atoms with Gasteiger partial charge in [-0.3, -0.25) is 5.10 Å². The first-order valence-corrected chi connectivity index (χ1v) is 7.05. The molecule has 0 spiro atoms. The molecule has 0 fully saturated rings. The zero-order valence-corrected chi connectivity index (χ0v) is 11.9. The van der Waals surface area contributed by atoms with Gasteiger partial charge in [0.05, 0.1) is 6.26 Å². The van der Waals surface area contributed by atoms with Gasteiger partial charge in [-0.05, 0) is 42.2 Å². The maximum absolute atomic E-state index is 13.1. The molecule has 3 aromatic rings. The molecule has 0 amide bonds. The summed E-state index contributed by atoms with van der Waals surface area (Å²) in [6.07, 6.45) is 4.09. The number of nitrogens with zero attached hydrogens (tertiary/aromatic N) is 2. The van der Waals surface area contributed by atoms with E-state index in [-0.39, 0.29) is 5.82 Å². The van der Waals surface area contributed by atoms with E-state index in [4.69, 9.17) is 4.42 Å². The number of aliphatic hydroxyl groups is 1. The summed E-state index contributed by atoms with van der Waals surface area (Å²) in [7, 11) is 0. The predicted molar refractivity (Wildman–Crippen MR) is 77.6 cm³/mol. The fourth-order valence-corrected chi connectivity index (χ4v) is 2.31. The molecule has 6 heteroatoms. The fourth-order valence-electron chi connectivity index (χ4n) is 2.31. The van der Waals surface area contributed by atoms with Crippen LogP contribution in [-0.2, 0) is 12.8 Å². The average Bonchev–Trinajstić information content (AvgIpc) is 3.16. The lowest BCUT2D eigenvalue weighted by Crippen LogP contribution is -2.01. The van der Waals surface area contributed by atoms with Gasteiger partial charge in [0.15, 0.2) is 5.82 Å². The van der Waals surface area contributed by atoms with Crippen molar-refractivity contribution in [3.8, 4) is 0 Å². The summed E-state index contributed by atoms with van der Waals surface area (Å²) < 4.78 is 18.6. The summed E-state index contributed by atoms with van der Waals surface area (Å²) in [6.45, 7) is 0. The Morgan fingerprint density at radius 3 is 2.95 bits per heavy atom. The van der Waals surface area contributed by atoms with Crippen LogP contribution in [0.4, 0.5) is 4.39 Å². The molecule has 0 radical (unpaired) electrons. The van der Waals surface area contributed by atoms with Crippen LogP contribution in [0.5, 0.6) is 0 Å². The highest BCUT2D eigenvalue weighted by Crippen LogP contribution is 2.19. The van der Waals surface area contributed by atoms with E-state index in [0.29, 0.717) is 25.1 Å². The number of nitrogens with one attached hydrogen (secondary N) is 1. The van der Waals surface area contributed by atoms with Gasteiger partial charge in [0.25, 0.3) is 0 Å². The minimum Gasteiger partial charge on any atom is -0.469 e. The molecule has 1 aromatic carbocycles. The minimum atomic E-state index is -0.677. The van der Waals surface area contributed by atoms with Gasteiger partial charge in [0.1, 0.15) is 24.0 Å². The van der Waals surface area contributed by atoms with Gasteiger partial charge >= 0.3 is 0 Å². The summed E-state index contributed by atoms with van der Waals surface area (Å²) in [4.78, 5) is 3.92. The summed E-state index contributed by atoms with van der Waals surface area (Å²) in [5.41, 5.74) is 1.85. The standard InChI is InChI=1S/C16H16FN3O2/c17-13-3-1-2-11(6-13)7-14-8-12(9-22-14)4-5-15(21)16-18-10-19-20-16/h1-3,6,8-10,15,21H,4-5,7H2,(H,18,19,20). The SMILES string of the molecule is OC(CCc1coc(Cc2cccc(F)c2)c1)c1ncn[nH]1. The number of hydrogen-bond donors (Lipinski definition) is 2. The van der Waals surface area contributed by atoms with E-state index < -0.39 is 6.10 Å². The number of H-pyrrole nitrogens is 1. The maximum Gasteiger partial charge on any atom is 0.153 e. The van der Waals surface area contributed by atoms with Crippen LogP contribution in [-0.4, -0.2) is 20.3 Å². The molecule has 0 saturated heterocycles. The van der Waals surface area contributed by atoms with Crippen molar-refractivity contribution >= 4 is 0 Å². The molecule has 5 nitrogen and oxygen atoms in total. The molecule has 2 aromatic heterocycles. The molecule has 0 saturated carbocycles. The smallest absolute Gasteiger partial charge is 0.153 e. The number of aryl methyl sites for hydroxylation is 1. The number of aliphatic hydroxyl groups excluding tert-OH is 1. The number of furan rings is 1. The average molecular weight is 301 g/mol. The summed E-state index contributed by atoms with van der Waals surface area (Å²) in [6, 6.07) is 8.39. The maximum atomic E-state index is 13.1. The second-order valence-electron chi connectivity index (χ2n) is 5.15. The van der Waals surface area contributed by atoms with Crippen molar-refractivity contribution in [2.45, 2.75) is 25.4 Å². The molecule has 114 valence electrons. The Morgan fingerprint density at radius 1 is 1.27 bits per heavy atom. The zero-order chi connectivity index (χ0) is 15.4. The topological polar surface area (TPSA) is 74.9 Å². The number of aromatic amines is 1. The van der Waals surface area contributed by atoms with Crippen LogP contribution in [0.3, 0.4) is 0 Å². The van der Waals surface area contributed by atoms with Crippen LogP contribution in [0, 0.1) is 5.82 Å². The fraction of sp³-hybridized carbons (Fsp3) is 0.250. The third-order valence-electron chi connectivity index (χ3n) is 3.43. The second kappa shape index (κ2) is 6.53. The molecule has 0 aliphatic carbocycles. The van der Waals surface area contributed by atoms with Crippen molar-refractivity contribution in [3.05, 3.63) is 71.5 Å². The van der Waals surface area contributed by atoms with Crippen molar-refractivity contribution in [1.29, 1.82) is 0 Å². The molecule has 3 rings (SSSR count). The number of benzene rings is 1. The van der Waals surface area contributed by atoms with Crippen LogP contribution >= 0.6 is 0 Å². The van der Waals surface area contributed by atoms with Crippen LogP contribution in [0.25, 0.3) is 0 Å². The largest absolute Gasteiger partial charge is 0.469 e. The van der Waals surface area contributed by atoms with E-state index in [1.54, 1.807) is 12.3 Å². The lowest BCUT2D eigenvalue weighted by atomic mass is 10.1. The molecule has 1 atom stereocenters. The predicted octanol–water partition coefficient (Wildman–Crippen LogP) is 2.79. The molecular formula is C16H16FN3O2. The zero-order valence-electron chi connectivity index (χ0n) is 11.9. The highest BCUT2D eigenvalue weighted by atomic mass is 19.1. The monoisotopic (exact) mass is 301 g/mol. The Balaban J connectivity index is 1.57. The quantitative estimate of drug-likeness (QED) is 0.734. The van der Waals surface area contributed by atoms with Crippen molar-refractivity contribution < 1.29 is 13.9 Å². The first-order valence-electron chi connectivity index (χ1n) is 7.05. The molecule has 2 N–H and O–H groups in total. The summed E-state index contributed by atoms with van der Waals surface area (Å²) in [5, 5.41) is 16.3. The number of halogens is 1. The lowest BCUT2D eigenvalue weighted by Gasteiger charge is -2.04. The third kappa shape index (κ3) is 3.59. The van der Waals surface area contributed by atoms with Crippen molar-refractivity contribution in [3.63, 3.8) is 0 Å². The Bertz CT molecular complexity index is 725. The van der Waals surface area contributed by atoms with Crippen molar-refractivity contribution in [1.82, 2.24) is 15.2 Å². The Morgan fingerprint density at radius 2 is 2.18 bits per heavy atom. The van der Waals surface area contributed by atoms with E-state index in [2.05, 4.69) is 15.2 Å². The van der Waals surface area contributed by atoms with Gasteiger partial charge < -0.3 is 9.52 Å². The molecule has 22 heavy (non-hydrogen) atoms. The van der Waals surface area contributed by atoms with Gasteiger partial charge in [0.2, 0.25) is 0 Å². The molecule has 1 unspecified atom stereocenters. The molecule has 2 heterocycles. The van der Waals surface area contributed by atoms with Gasteiger partial charge in [-0.25, -0.2) is 9.37 Å². The van der Waals surface area contributed by atoms with Crippen LogP contribution in [0.1, 0.15) is 35.2 Å². The van der Waals surface area contributed by atoms with E-state index >= 15 is 0 Å². The van der Waals surface area contributed by atoms with Crippen molar-refractivity contribution in [2.75, 3.05) is 0 Å². The van der Waals surface area contributed by atoms with Gasteiger partial charge in [-0.2, -0.15) is 5.10 Å². The van der Waals surface area contributed by atoms with Gasteiger partial charge in [-0.15, -0.1) is 0 Å². The number of aromatic nitrogens is 3. The number of hydrogen-bond acceptors (Lipinski definition) is 4. The van der Waals surface area contributed by atoms with Crippen molar-refractivity contribution in [2.24, 2.45) is 0 Å². The first kappa shape index (κ1) is 14.5. The molecular weight excluding hydrogens is 285 g/mol. The number of rotatable bonds is 6. The summed E-state index contributed by atoms with van der Waals surface area (Å²) >= 11 is 0. The Hall–Kier alpha value is -2.47. The van der Waals surface area contributed by atoms with Crippen LogP contribution < -0.4 is 0 Å². The van der Waals surface area contributed by atoms with E-state index in [1.165, 1.54) is 18.5 Å². The molecule has 0 bridgehead atoms.